The molecule has 3 aromatic carbocycles. The largest absolute Gasteiger partial charge is 0.324 e. The zero-order chi connectivity index (χ0) is 35.0. The molecule has 9 heteroatoms. The van der Waals surface area contributed by atoms with Crippen LogP contribution in [-0.4, -0.2) is 54.9 Å². The molecule has 2 aliphatic heterocycles. The molecule has 2 fully saturated rings. The van der Waals surface area contributed by atoms with E-state index in [9.17, 15) is 9.59 Å². The number of anilines is 2. The second-order valence-electron chi connectivity index (χ2n) is 15.1. The van der Waals surface area contributed by atoms with Crippen molar-refractivity contribution in [3.63, 3.8) is 0 Å². The molecule has 2 N–H and O–H groups in total. The van der Waals surface area contributed by atoms with E-state index in [1.54, 1.807) is 10.9 Å². The third-order valence-electron chi connectivity index (χ3n) is 10.4. The zero-order valence-electron chi connectivity index (χ0n) is 29.7. The molecule has 2 bridgehead atoms. The van der Waals surface area contributed by atoms with Crippen molar-refractivity contribution in [3.8, 4) is 11.4 Å². The van der Waals surface area contributed by atoms with Crippen LogP contribution in [0.1, 0.15) is 79.3 Å². The summed E-state index contributed by atoms with van der Waals surface area (Å²) in [5.41, 5.74) is 7.36. The van der Waals surface area contributed by atoms with Crippen molar-refractivity contribution in [2.45, 2.75) is 84.2 Å². The first-order valence-electron chi connectivity index (χ1n) is 17.8. The molecule has 0 radical (unpaired) electrons. The molecule has 2 aliphatic rings. The number of carbonyl (C=O) groups is 2. The number of nitrogens with one attached hydrogen (secondary N) is 2. The van der Waals surface area contributed by atoms with Crippen LogP contribution in [0.3, 0.4) is 0 Å². The average molecular weight is 670 g/mol. The molecule has 5 aromatic rings. The highest BCUT2D eigenvalue weighted by molar-refractivity contribution is 5.99. The summed E-state index contributed by atoms with van der Waals surface area (Å²) in [6.45, 7) is 10.8. The molecule has 2 atom stereocenters. The van der Waals surface area contributed by atoms with Gasteiger partial charge in [0.25, 0.3) is 0 Å². The number of fused-ring (bicyclic) bond motifs is 2. The molecular formula is C41H47N7O2. The van der Waals surface area contributed by atoms with E-state index < -0.39 is 0 Å². The molecule has 2 saturated heterocycles. The molecule has 4 heterocycles. The number of aryl methyl sites for hydroxylation is 1. The Balaban J connectivity index is 0.941. The monoisotopic (exact) mass is 669 g/mol. The van der Waals surface area contributed by atoms with E-state index in [1.807, 2.05) is 84.4 Å². The lowest BCUT2D eigenvalue weighted by molar-refractivity contribution is 0.0744. The van der Waals surface area contributed by atoms with Gasteiger partial charge in [0, 0.05) is 29.3 Å². The number of piperidine rings is 1. The van der Waals surface area contributed by atoms with Gasteiger partial charge in [-0.25, -0.2) is 14.2 Å². The minimum Gasteiger partial charge on any atom is -0.308 e. The molecule has 9 nitrogen and oxygen atoms in total. The summed E-state index contributed by atoms with van der Waals surface area (Å²) in [6.07, 6.45) is 7.21. The second kappa shape index (κ2) is 13.7. The SMILES string of the molecule is Cc1ccc(-n2nc(C(C)(C)C)cc2NC(=O)Nc2ccc(CC3CC4CCC(C3)N4CC(=O)c3cnn(-c4ccccc4)c3C)cc2)cc1. The van der Waals surface area contributed by atoms with Crippen LogP contribution in [0.2, 0.25) is 0 Å². The van der Waals surface area contributed by atoms with Gasteiger partial charge in [0.05, 0.1) is 41.1 Å². The predicted octanol–water partition coefficient (Wildman–Crippen LogP) is 8.28. The zero-order valence-corrected chi connectivity index (χ0v) is 29.7. The Morgan fingerprint density at radius 1 is 0.820 bits per heavy atom. The molecule has 0 saturated carbocycles. The normalized spacial score (nSPS) is 19.0. The number of aromatic nitrogens is 4. The van der Waals surface area contributed by atoms with E-state index in [0.717, 1.165) is 66.1 Å². The Hall–Kier alpha value is -5.02. The highest BCUT2D eigenvalue weighted by atomic mass is 16.2. The fourth-order valence-corrected chi connectivity index (χ4v) is 7.63. The molecule has 2 unspecified atom stereocenters. The van der Waals surface area contributed by atoms with Crippen molar-refractivity contribution < 1.29 is 9.59 Å². The van der Waals surface area contributed by atoms with Gasteiger partial charge in [0.2, 0.25) is 0 Å². The summed E-state index contributed by atoms with van der Waals surface area (Å²) in [6, 6.07) is 28.8. The maximum absolute atomic E-state index is 13.5. The number of nitrogens with zero attached hydrogens (tertiary/aromatic N) is 5. The minimum atomic E-state index is -0.312. The average Bonchev–Trinajstić information content (AvgIpc) is 3.75. The van der Waals surface area contributed by atoms with Crippen molar-refractivity contribution in [1.82, 2.24) is 24.5 Å². The van der Waals surface area contributed by atoms with Gasteiger partial charge in [-0.2, -0.15) is 10.2 Å². The third-order valence-corrected chi connectivity index (χ3v) is 10.4. The molecule has 2 amide bonds. The van der Waals surface area contributed by atoms with Gasteiger partial charge < -0.3 is 5.32 Å². The maximum atomic E-state index is 13.5. The number of hydrogen-bond donors (Lipinski definition) is 2. The Morgan fingerprint density at radius 3 is 2.14 bits per heavy atom. The summed E-state index contributed by atoms with van der Waals surface area (Å²) in [5.74, 6) is 1.34. The highest BCUT2D eigenvalue weighted by Gasteiger charge is 2.41. The fraction of sp³-hybridized carbons (Fsp3) is 0.366. The van der Waals surface area contributed by atoms with Gasteiger partial charge in [0.15, 0.2) is 5.78 Å². The number of rotatable bonds is 9. The van der Waals surface area contributed by atoms with Crippen LogP contribution in [-0.2, 0) is 11.8 Å². The molecular weight excluding hydrogens is 622 g/mol. The summed E-state index contributed by atoms with van der Waals surface area (Å²) >= 11 is 0. The minimum absolute atomic E-state index is 0.154. The number of urea groups is 1. The van der Waals surface area contributed by atoms with E-state index in [-0.39, 0.29) is 17.2 Å². The Labute approximate surface area is 294 Å². The van der Waals surface area contributed by atoms with Gasteiger partial charge in [-0.15, -0.1) is 0 Å². The number of Topliss-reactive ketones (excluding diaryl/α,β-unsaturated/α-hetero) is 1. The van der Waals surface area contributed by atoms with Crippen molar-refractivity contribution in [2.75, 3.05) is 17.2 Å². The van der Waals surface area contributed by atoms with E-state index in [1.165, 1.54) is 5.56 Å². The van der Waals surface area contributed by atoms with Gasteiger partial charge in [-0.3, -0.25) is 15.0 Å². The fourth-order valence-electron chi connectivity index (χ4n) is 7.63. The van der Waals surface area contributed by atoms with Crippen molar-refractivity contribution in [2.24, 2.45) is 5.92 Å². The Morgan fingerprint density at radius 2 is 1.48 bits per heavy atom. The summed E-state index contributed by atoms with van der Waals surface area (Å²) in [5, 5.41) is 15.4. The number of carbonyl (C=O) groups excluding carboxylic acids is 2. The standard InChI is InChI=1S/C41H47N7O2/c1-27-11-17-33(18-12-27)48-39(24-38(45-48)41(3,4)5)44-40(50)43-31-15-13-29(14-16-31)21-30-22-34-19-20-35(23-30)46(34)26-37(49)36-25-42-47(28(36)2)32-9-7-6-8-10-32/h6-18,24-25,30,34-35H,19-23,26H2,1-5H3,(H2,43,44,50). The Kier molecular flexibility index (Phi) is 9.18. The quantitative estimate of drug-likeness (QED) is 0.154. The lowest BCUT2D eigenvalue weighted by Gasteiger charge is -2.38. The number of hydrogen-bond acceptors (Lipinski definition) is 5. The van der Waals surface area contributed by atoms with Crippen LogP contribution in [0.5, 0.6) is 0 Å². The van der Waals surface area contributed by atoms with E-state index in [0.29, 0.717) is 35.9 Å². The first-order chi connectivity index (χ1) is 24.0. The molecule has 7 rings (SSSR count). The van der Waals surface area contributed by atoms with Gasteiger partial charge >= 0.3 is 6.03 Å². The lowest BCUT2D eigenvalue weighted by Crippen LogP contribution is -2.45. The van der Waals surface area contributed by atoms with Crippen LogP contribution in [0, 0.1) is 19.8 Å². The topological polar surface area (TPSA) is 97.1 Å². The van der Waals surface area contributed by atoms with Gasteiger partial charge in [-0.1, -0.05) is 68.8 Å². The molecule has 2 aromatic heterocycles. The van der Waals surface area contributed by atoms with E-state index >= 15 is 0 Å². The van der Waals surface area contributed by atoms with Crippen molar-refractivity contribution in [3.05, 3.63) is 119 Å². The highest BCUT2D eigenvalue weighted by Crippen LogP contribution is 2.40. The van der Waals surface area contributed by atoms with Crippen molar-refractivity contribution in [1.29, 1.82) is 0 Å². The molecule has 258 valence electrons. The van der Waals surface area contributed by atoms with Crippen LogP contribution in [0.25, 0.3) is 11.4 Å². The number of para-hydroxylation sites is 1. The molecule has 50 heavy (non-hydrogen) atoms. The van der Waals surface area contributed by atoms with Gasteiger partial charge in [-0.05, 0) is 93.8 Å². The van der Waals surface area contributed by atoms with Gasteiger partial charge in [0.1, 0.15) is 5.82 Å². The van der Waals surface area contributed by atoms with E-state index in [2.05, 4.69) is 60.5 Å². The third kappa shape index (κ3) is 7.14. The van der Waals surface area contributed by atoms with Crippen LogP contribution < -0.4 is 10.6 Å². The molecule has 0 spiro atoms. The predicted molar refractivity (Wildman–Crippen MR) is 199 cm³/mol. The summed E-state index contributed by atoms with van der Waals surface area (Å²) in [7, 11) is 0. The summed E-state index contributed by atoms with van der Waals surface area (Å²) in [4.78, 5) is 29.1. The number of ketones is 1. The van der Waals surface area contributed by atoms with Crippen LogP contribution in [0.15, 0.2) is 91.1 Å². The number of amides is 2. The smallest absolute Gasteiger partial charge is 0.308 e. The second-order valence-corrected chi connectivity index (χ2v) is 15.1. The van der Waals surface area contributed by atoms with Crippen LogP contribution in [0.4, 0.5) is 16.3 Å². The first kappa shape index (κ1) is 33.5. The summed E-state index contributed by atoms with van der Waals surface area (Å²) < 4.78 is 3.64. The Bertz CT molecular complexity index is 1960. The first-order valence-corrected chi connectivity index (χ1v) is 17.8. The lowest BCUT2D eigenvalue weighted by atomic mass is 9.85. The van der Waals surface area contributed by atoms with Crippen molar-refractivity contribution >= 4 is 23.3 Å². The maximum Gasteiger partial charge on any atom is 0.324 e. The van der Waals surface area contributed by atoms with E-state index in [4.69, 9.17) is 5.10 Å². The van der Waals surface area contributed by atoms with Crippen LogP contribution >= 0.6 is 0 Å². The number of benzene rings is 3. The molecule has 0 aliphatic carbocycles.